The van der Waals surface area contributed by atoms with Crippen LogP contribution in [0.3, 0.4) is 0 Å². The number of fused-ring (bicyclic) bond motifs is 3. The second kappa shape index (κ2) is 3.74. The highest BCUT2D eigenvalue weighted by Crippen LogP contribution is 2.29. The van der Waals surface area contributed by atoms with Crippen LogP contribution < -0.4 is 0 Å². The van der Waals surface area contributed by atoms with Crippen molar-refractivity contribution >= 4 is 27.6 Å². The van der Waals surface area contributed by atoms with Gasteiger partial charge in [0.1, 0.15) is 0 Å². The predicted octanol–water partition coefficient (Wildman–Crippen LogP) is 4.94. The minimum absolute atomic E-state index is 1.24. The van der Waals surface area contributed by atoms with Gasteiger partial charge in [-0.25, -0.2) is 0 Å². The largest absolute Gasteiger partial charge is 0.0984 e. The minimum atomic E-state index is 1.24. The van der Waals surface area contributed by atoms with Gasteiger partial charge in [-0.15, -0.1) is 0 Å². The number of hydrogen-bond donors (Lipinski definition) is 0. The fourth-order valence-electron chi connectivity index (χ4n) is 2.49. The third-order valence-corrected chi connectivity index (χ3v) is 3.39. The van der Waals surface area contributed by atoms with Crippen molar-refractivity contribution in [2.45, 2.75) is 6.92 Å². The summed E-state index contributed by atoms with van der Waals surface area (Å²) in [7, 11) is 0. The van der Waals surface area contributed by atoms with E-state index in [0.717, 1.165) is 0 Å². The summed E-state index contributed by atoms with van der Waals surface area (Å²) in [5.74, 6) is 0. The summed E-state index contributed by atoms with van der Waals surface area (Å²) >= 11 is 0. The molecule has 0 heterocycles. The zero-order valence-corrected chi connectivity index (χ0v) is 9.90. The molecule has 0 N–H and O–H groups in total. The molecular formula is C17H14. The average Bonchev–Trinajstić information content (AvgIpc) is 2.38. The molecule has 0 radical (unpaired) electrons. The topological polar surface area (TPSA) is 0 Å². The van der Waals surface area contributed by atoms with Gasteiger partial charge in [-0.2, -0.15) is 0 Å². The Morgan fingerprint density at radius 2 is 1.59 bits per heavy atom. The van der Waals surface area contributed by atoms with Crippen LogP contribution in [0.25, 0.3) is 27.6 Å². The molecule has 3 aromatic carbocycles. The summed E-state index contributed by atoms with van der Waals surface area (Å²) < 4.78 is 0. The van der Waals surface area contributed by atoms with Gasteiger partial charge in [0.25, 0.3) is 0 Å². The van der Waals surface area contributed by atoms with Gasteiger partial charge in [-0.3, -0.25) is 0 Å². The van der Waals surface area contributed by atoms with E-state index in [9.17, 15) is 0 Å². The van der Waals surface area contributed by atoms with Crippen molar-refractivity contribution in [1.29, 1.82) is 0 Å². The molecule has 0 spiro atoms. The fourth-order valence-corrected chi connectivity index (χ4v) is 2.49. The molecule has 0 heteroatoms. The van der Waals surface area contributed by atoms with Crippen molar-refractivity contribution in [2.24, 2.45) is 0 Å². The average molecular weight is 218 g/mol. The third-order valence-electron chi connectivity index (χ3n) is 3.39. The number of hydrogen-bond acceptors (Lipinski definition) is 0. The van der Waals surface area contributed by atoms with E-state index in [1.807, 2.05) is 6.08 Å². The molecule has 0 atom stereocenters. The van der Waals surface area contributed by atoms with Crippen molar-refractivity contribution in [3.8, 4) is 0 Å². The maximum Gasteiger partial charge on any atom is -0.00992 e. The van der Waals surface area contributed by atoms with Gasteiger partial charge in [0.15, 0.2) is 0 Å². The first-order valence-corrected chi connectivity index (χ1v) is 5.85. The van der Waals surface area contributed by atoms with Crippen LogP contribution in [0.1, 0.15) is 11.1 Å². The zero-order valence-electron chi connectivity index (χ0n) is 9.90. The molecule has 3 aromatic rings. The normalized spacial score (nSPS) is 10.9. The van der Waals surface area contributed by atoms with E-state index < -0.39 is 0 Å². The molecule has 17 heavy (non-hydrogen) atoms. The molecule has 0 aliphatic carbocycles. The van der Waals surface area contributed by atoms with Crippen LogP contribution in [-0.4, -0.2) is 0 Å². The van der Waals surface area contributed by atoms with Gasteiger partial charge >= 0.3 is 0 Å². The molecule has 0 bridgehead atoms. The van der Waals surface area contributed by atoms with Gasteiger partial charge in [-0.1, -0.05) is 61.2 Å². The van der Waals surface area contributed by atoms with E-state index >= 15 is 0 Å². The maximum atomic E-state index is 3.92. The van der Waals surface area contributed by atoms with Crippen LogP contribution in [0.5, 0.6) is 0 Å². The van der Waals surface area contributed by atoms with E-state index in [4.69, 9.17) is 0 Å². The Bertz CT molecular complexity index is 721. The second-order valence-electron chi connectivity index (χ2n) is 4.38. The lowest BCUT2D eigenvalue weighted by molar-refractivity contribution is 1.48. The molecular weight excluding hydrogens is 204 g/mol. The SMILES string of the molecule is C=Cc1c(C)ccc2c1ccc1ccccc12. The standard InChI is InChI=1S/C17H14/c1-3-14-12(2)8-10-17-15-7-5-4-6-13(15)9-11-16(14)17/h3-11H,1H2,2H3. The smallest absolute Gasteiger partial charge is 0.00992 e. The van der Waals surface area contributed by atoms with Crippen LogP contribution in [-0.2, 0) is 0 Å². The van der Waals surface area contributed by atoms with Crippen LogP contribution in [0.4, 0.5) is 0 Å². The Balaban J connectivity index is 2.57. The molecule has 0 unspecified atom stereocenters. The first-order valence-electron chi connectivity index (χ1n) is 5.85. The monoisotopic (exact) mass is 218 g/mol. The first-order chi connectivity index (χ1) is 8.31. The number of rotatable bonds is 1. The molecule has 0 amide bonds. The lowest BCUT2D eigenvalue weighted by Crippen LogP contribution is -1.85. The Labute approximate surface area is 101 Å². The predicted molar refractivity (Wildman–Crippen MR) is 76.3 cm³/mol. The minimum Gasteiger partial charge on any atom is -0.0984 e. The summed E-state index contributed by atoms with van der Waals surface area (Å²) in [5.41, 5.74) is 2.52. The fraction of sp³-hybridized carbons (Fsp3) is 0.0588. The molecule has 0 fully saturated rings. The van der Waals surface area contributed by atoms with Crippen LogP contribution >= 0.6 is 0 Å². The van der Waals surface area contributed by atoms with E-state index in [2.05, 4.69) is 62.0 Å². The van der Waals surface area contributed by atoms with Crippen LogP contribution in [0.15, 0.2) is 55.1 Å². The van der Waals surface area contributed by atoms with Gasteiger partial charge in [-0.05, 0) is 39.6 Å². The summed E-state index contributed by atoms with van der Waals surface area (Å²) in [4.78, 5) is 0. The molecule has 3 rings (SSSR count). The summed E-state index contributed by atoms with van der Waals surface area (Å²) in [6, 6.07) is 17.3. The highest BCUT2D eigenvalue weighted by molar-refractivity contribution is 6.10. The van der Waals surface area contributed by atoms with Crippen LogP contribution in [0, 0.1) is 6.92 Å². The zero-order chi connectivity index (χ0) is 11.8. The van der Waals surface area contributed by atoms with Gasteiger partial charge in [0, 0.05) is 0 Å². The summed E-state index contributed by atoms with van der Waals surface area (Å²) in [6.45, 7) is 6.05. The van der Waals surface area contributed by atoms with Crippen molar-refractivity contribution in [1.82, 2.24) is 0 Å². The third kappa shape index (κ3) is 1.45. The van der Waals surface area contributed by atoms with Gasteiger partial charge in [0.2, 0.25) is 0 Å². The lowest BCUT2D eigenvalue weighted by atomic mass is 9.95. The van der Waals surface area contributed by atoms with Gasteiger partial charge < -0.3 is 0 Å². The highest BCUT2D eigenvalue weighted by atomic mass is 14.1. The van der Waals surface area contributed by atoms with Gasteiger partial charge in [0.05, 0.1) is 0 Å². The van der Waals surface area contributed by atoms with E-state index in [0.29, 0.717) is 0 Å². The van der Waals surface area contributed by atoms with E-state index in [1.165, 1.54) is 32.7 Å². The molecule has 0 saturated heterocycles. The van der Waals surface area contributed by atoms with Crippen LogP contribution in [0.2, 0.25) is 0 Å². The highest BCUT2D eigenvalue weighted by Gasteiger charge is 2.04. The Morgan fingerprint density at radius 3 is 2.41 bits per heavy atom. The Hall–Kier alpha value is -2.08. The quantitative estimate of drug-likeness (QED) is 0.507. The molecule has 0 aliphatic heterocycles. The van der Waals surface area contributed by atoms with Crippen molar-refractivity contribution < 1.29 is 0 Å². The molecule has 0 saturated carbocycles. The Kier molecular flexibility index (Phi) is 2.22. The van der Waals surface area contributed by atoms with Crippen molar-refractivity contribution in [3.05, 3.63) is 66.2 Å². The van der Waals surface area contributed by atoms with Crippen molar-refractivity contribution in [2.75, 3.05) is 0 Å². The molecule has 82 valence electrons. The molecule has 0 aromatic heterocycles. The summed E-state index contributed by atoms with van der Waals surface area (Å²) in [6.07, 6.45) is 1.95. The summed E-state index contributed by atoms with van der Waals surface area (Å²) in [5, 5.41) is 5.20. The Morgan fingerprint density at radius 1 is 0.824 bits per heavy atom. The maximum absolute atomic E-state index is 3.92. The first kappa shape index (κ1) is 10.1. The molecule has 0 nitrogen and oxygen atoms in total. The number of benzene rings is 3. The van der Waals surface area contributed by atoms with E-state index in [1.54, 1.807) is 0 Å². The lowest BCUT2D eigenvalue weighted by Gasteiger charge is -2.09. The van der Waals surface area contributed by atoms with Crippen molar-refractivity contribution in [3.63, 3.8) is 0 Å². The number of aryl methyl sites for hydroxylation is 1. The van der Waals surface area contributed by atoms with E-state index in [-0.39, 0.29) is 0 Å². The molecule has 0 aliphatic rings. The second-order valence-corrected chi connectivity index (χ2v) is 4.38.